The van der Waals surface area contributed by atoms with Crippen molar-refractivity contribution in [3.05, 3.63) is 0 Å². The van der Waals surface area contributed by atoms with E-state index in [1.165, 1.54) is 161 Å². The number of rotatable bonds is 68. The molecule has 0 aromatic heterocycles. The number of phosphoric ester groups is 2. The third-order valence-electron chi connectivity index (χ3n) is 16.0. The highest BCUT2D eigenvalue weighted by Gasteiger charge is 2.30. The van der Waals surface area contributed by atoms with E-state index in [0.717, 1.165) is 102 Å². The molecule has 0 rings (SSSR count). The van der Waals surface area contributed by atoms with Gasteiger partial charge in [0.15, 0.2) is 12.2 Å². The van der Waals surface area contributed by atoms with Crippen LogP contribution in [0.3, 0.4) is 0 Å². The third kappa shape index (κ3) is 62.8. The molecule has 0 saturated heterocycles. The van der Waals surface area contributed by atoms with Gasteiger partial charge in [0.05, 0.1) is 26.4 Å². The van der Waals surface area contributed by atoms with Gasteiger partial charge in [-0.25, -0.2) is 9.13 Å². The molecular formula is C69H134O17P2. The molecule has 0 aliphatic carbocycles. The molecule has 0 radical (unpaired) electrons. The zero-order valence-corrected chi connectivity index (χ0v) is 58.8. The Morgan fingerprint density at radius 1 is 0.307 bits per heavy atom. The maximum Gasteiger partial charge on any atom is 0.472 e. The maximum absolute atomic E-state index is 13.0. The fraction of sp³-hybridized carbons (Fsp3) is 0.942. The number of carbonyl (C=O) groups is 4. The van der Waals surface area contributed by atoms with E-state index in [9.17, 15) is 43.2 Å². The summed E-state index contributed by atoms with van der Waals surface area (Å²) in [6, 6.07) is 0. The summed E-state index contributed by atoms with van der Waals surface area (Å²) in [4.78, 5) is 72.5. The Kier molecular flexibility index (Phi) is 59.9. The molecule has 0 amide bonds. The van der Waals surface area contributed by atoms with Crippen molar-refractivity contribution in [2.45, 2.75) is 368 Å². The van der Waals surface area contributed by atoms with E-state index in [4.69, 9.17) is 37.0 Å². The summed E-state index contributed by atoms with van der Waals surface area (Å²) in [5.74, 6) is -0.687. The largest absolute Gasteiger partial charge is 0.472 e. The van der Waals surface area contributed by atoms with Crippen LogP contribution in [0.25, 0.3) is 0 Å². The molecule has 0 fully saturated rings. The minimum absolute atomic E-state index is 0.106. The lowest BCUT2D eigenvalue weighted by Crippen LogP contribution is -2.30. The van der Waals surface area contributed by atoms with Crippen LogP contribution in [0.15, 0.2) is 0 Å². The summed E-state index contributed by atoms with van der Waals surface area (Å²) < 4.78 is 68.2. The Balaban J connectivity index is 5.24. The second kappa shape index (κ2) is 61.3. The molecule has 2 unspecified atom stereocenters. The molecule has 88 heavy (non-hydrogen) atoms. The molecule has 0 aromatic rings. The molecule has 522 valence electrons. The number of esters is 4. The van der Waals surface area contributed by atoms with Gasteiger partial charge >= 0.3 is 39.5 Å². The minimum atomic E-state index is -4.95. The smallest absolute Gasteiger partial charge is 0.462 e. The van der Waals surface area contributed by atoms with Crippen LogP contribution in [0.4, 0.5) is 0 Å². The Bertz CT molecular complexity index is 1720. The molecule has 17 nitrogen and oxygen atoms in total. The van der Waals surface area contributed by atoms with Gasteiger partial charge in [0.1, 0.15) is 19.3 Å². The van der Waals surface area contributed by atoms with Crippen molar-refractivity contribution in [2.24, 2.45) is 11.8 Å². The molecule has 0 aliphatic heterocycles. The van der Waals surface area contributed by atoms with Gasteiger partial charge in [0.25, 0.3) is 0 Å². The monoisotopic (exact) mass is 1300 g/mol. The highest BCUT2D eigenvalue weighted by molar-refractivity contribution is 7.47. The van der Waals surface area contributed by atoms with E-state index in [1.807, 2.05) is 0 Å². The Morgan fingerprint density at radius 3 is 0.773 bits per heavy atom. The highest BCUT2D eigenvalue weighted by Crippen LogP contribution is 2.45. The van der Waals surface area contributed by atoms with Crippen LogP contribution >= 0.6 is 15.6 Å². The average Bonchev–Trinajstić information content (AvgIpc) is 3.51. The van der Waals surface area contributed by atoms with E-state index in [1.54, 1.807) is 0 Å². The van der Waals surface area contributed by atoms with Gasteiger partial charge < -0.3 is 33.8 Å². The SMILES string of the molecule is CCCCCCCCCCCCCCCCC(=O)O[C@H](COC(=O)CCCCCCCCCCCCC(C)C)COP(=O)(O)OC[C@@H](O)COP(=O)(O)OC[C@@H](COC(=O)CCCCCCCCC(C)C)OC(=O)CCCCCCCCCCCCCC. The van der Waals surface area contributed by atoms with E-state index in [-0.39, 0.29) is 25.7 Å². The number of hydrogen-bond donors (Lipinski definition) is 3. The summed E-state index contributed by atoms with van der Waals surface area (Å²) in [5.41, 5.74) is 0. The third-order valence-corrected chi connectivity index (χ3v) is 17.9. The molecule has 0 aromatic carbocycles. The van der Waals surface area contributed by atoms with Crippen molar-refractivity contribution in [1.82, 2.24) is 0 Å². The van der Waals surface area contributed by atoms with Crippen molar-refractivity contribution in [2.75, 3.05) is 39.6 Å². The van der Waals surface area contributed by atoms with Crippen LogP contribution in [0.5, 0.6) is 0 Å². The number of carbonyl (C=O) groups excluding carboxylic acids is 4. The second-order valence-corrected chi connectivity index (χ2v) is 28.8. The number of unbranched alkanes of at least 4 members (excludes halogenated alkanes) is 38. The van der Waals surface area contributed by atoms with E-state index in [2.05, 4.69) is 41.5 Å². The summed E-state index contributed by atoms with van der Waals surface area (Å²) in [6.45, 7) is 9.46. The topological polar surface area (TPSA) is 237 Å². The molecule has 0 bridgehead atoms. The number of ether oxygens (including phenoxy) is 4. The molecule has 0 spiro atoms. The van der Waals surface area contributed by atoms with Gasteiger partial charge in [-0.15, -0.1) is 0 Å². The van der Waals surface area contributed by atoms with E-state index < -0.39 is 97.5 Å². The second-order valence-electron chi connectivity index (χ2n) is 25.9. The van der Waals surface area contributed by atoms with Crippen molar-refractivity contribution >= 4 is 39.5 Å². The van der Waals surface area contributed by atoms with Crippen LogP contribution in [0.1, 0.15) is 350 Å². The Hall–Kier alpha value is -1.94. The van der Waals surface area contributed by atoms with Gasteiger partial charge in [-0.2, -0.15) is 0 Å². The molecule has 0 aliphatic rings. The molecule has 3 N–H and O–H groups in total. The normalized spacial score (nSPS) is 14.2. The first-order valence-electron chi connectivity index (χ1n) is 36.0. The lowest BCUT2D eigenvalue weighted by molar-refractivity contribution is -0.161. The maximum atomic E-state index is 13.0. The Morgan fingerprint density at radius 2 is 0.523 bits per heavy atom. The van der Waals surface area contributed by atoms with Crippen LogP contribution in [-0.2, 0) is 65.4 Å². The van der Waals surface area contributed by atoms with Crippen molar-refractivity contribution in [3.8, 4) is 0 Å². The van der Waals surface area contributed by atoms with Gasteiger partial charge in [-0.3, -0.25) is 37.3 Å². The zero-order chi connectivity index (χ0) is 65.0. The summed E-state index contributed by atoms with van der Waals surface area (Å²) in [6.07, 6.45) is 45.8. The first-order chi connectivity index (χ1) is 42.4. The average molecular weight is 1300 g/mol. The zero-order valence-electron chi connectivity index (χ0n) is 57.0. The van der Waals surface area contributed by atoms with Crippen LogP contribution < -0.4 is 0 Å². The predicted molar refractivity (Wildman–Crippen MR) is 354 cm³/mol. The molecule has 0 saturated carbocycles. The lowest BCUT2D eigenvalue weighted by Gasteiger charge is -2.21. The van der Waals surface area contributed by atoms with Gasteiger partial charge in [0, 0.05) is 25.7 Å². The summed E-state index contributed by atoms with van der Waals surface area (Å²) in [5, 5.41) is 10.6. The lowest BCUT2D eigenvalue weighted by atomic mass is 10.0. The Labute approximate surface area is 537 Å². The molecule has 5 atom stereocenters. The van der Waals surface area contributed by atoms with Gasteiger partial charge in [0.2, 0.25) is 0 Å². The van der Waals surface area contributed by atoms with Crippen molar-refractivity contribution in [3.63, 3.8) is 0 Å². The summed E-state index contributed by atoms with van der Waals surface area (Å²) >= 11 is 0. The van der Waals surface area contributed by atoms with Gasteiger partial charge in [-0.1, -0.05) is 298 Å². The quantitative estimate of drug-likeness (QED) is 0.0222. The highest BCUT2D eigenvalue weighted by atomic mass is 31.2. The van der Waals surface area contributed by atoms with Crippen molar-refractivity contribution < 1.29 is 80.2 Å². The molecular weight excluding hydrogens is 1160 g/mol. The van der Waals surface area contributed by atoms with E-state index >= 15 is 0 Å². The number of hydrogen-bond acceptors (Lipinski definition) is 15. The fourth-order valence-corrected chi connectivity index (χ4v) is 12.0. The molecule has 0 heterocycles. The van der Waals surface area contributed by atoms with Crippen LogP contribution in [0.2, 0.25) is 0 Å². The van der Waals surface area contributed by atoms with Gasteiger partial charge in [-0.05, 0) is 37.5 Å². The van der Waals surface area contributed by atoms with Crippen molar-refractivity contribution in [1.29, 1.82) is 0 Å². The number of phosphoric acid groups is 2. The number of aliphatic hydroxyl groups is 1. The fourth-order valence-electron chi connectivity index (χ4n) is 10.4. The summed E-state index contributed by atoms with van der Waals surface area (Å²) in [7, 11) is -9.90. The first-order valence-corrected chi connectivity index (χ1v) is 39.0. The number of aliphatic hydroxyl groups excluding tert-OH is 1. The van der Waals surface area contributed by atoms with Crippen LogP contribution in [0, 0.1) is 11.8 Å². The first kappa shape index (κ1) is 86.1. The van der Waals surface area contributed by atoms with E-state index in [0.29, 0.717) is 31.6 Å². The van der Waals surface area contributed by atoms with Crippen LogP contribution in [-0.4, -0.2) is 96.7 Å². The minimum Gasteiger partial charge on any atom is -0.462 e. The predicted octanol–water partition coefficient (Wildman–Crippen LogP) is 19.6. The molecule has 19 heteroatoms. The standard InChI is InChI=1S/C69H134O17P2/c1-7-9-11-13-15-17-19-21-22-24-30-34-42-48-54-69(74)85-64(57-79-66(71)51-45-39-32-28-26-25-27-31-37-43-49-61(3)4)59-83-87(75,76)81-55-63(70)56-82-88(77,78)84-60-65(58-80-67(72)52-46-40-36-35-38-44-50-62(5)6)86-68(73)53-47-41-33-29-23-20-18-16-14-12-10-8-2/h61-65,70H,7-60H2,1-6H3,(H,75,76)(H,77,78)/t63-,64-,65-/m1/s1.